The summed E-state index contributed by atoms with van der Waals surface area (Å²) < 4.78 is 1.45. The van der Waals surface area contributed by atoms with Crippen LogP contribution in [0.15, 0.2) is 11.1 Å². The summed E-state index contributed by atoms with van der Waals surface area (Å²) >= 11 is 1.91. The molecule has 3 heterocycles. The summed E-state index contributed by atoms with van der Waals surface area (Å²) in [6, 6.07) is 0.720. The minimum atomic E-state index is -0.104. The highest BCUT2D eigenvalue weighted by Crippen LogP contribution is 2.39. The van der Waals surface area contributed by atoms with Crippen LogP contribution in [0.1, 0.15) is 36.9 Å². The molecule has 2 saturated heterocycles. The fraction of sp³-hybridized carbons (Fsp3) is 0.688. The van der Waals surface area contributed by atoms with Crippen LogP contribution in [0.25, 0.3) is 0 Å². The van der Waals surface area contributed by atoms with Gasteiger partial charge in [0.2, 0.25) is 5.91 Å². The van der Waals surface area contributed by atoms with Crippen molar-refractivity contribution in [3.8, 4) is 0 Å². The van der Waals surface area contributed by atoms with Crippen molar-refractivity contribution >= 4 is 17.7 Å². The molecule has 5 nitrogen and oxygen atoms in total. The Morgan fingerprint density at radius 3 is 2.55 bits per heavy atom. The Bertz CT molecular complexity index is 629. The molecule has 2 aliphatic heterocycles. The molecular formula is C16H23N3O2S. The Labute approximate surface area is 135 Å². The third-order valence-electron chi connectivity index (χ3n) is 5.13. The summed E-state index contributed by atoms with van der Waals surface area (Å²) in [5.74, 6) is 0.0687. The molecule has 0 aliphatic carbocycles. The minimum Gasteiger partial charge on any atom is -0.335 e. The monoisotopic (exact) mass is 321 g/mol. The molecular weight excluding hydrogens is 298 g/mol. The second kappa shape index (κ2) is 6.07. The Balaban J connectivity index is 1.76. The van der Waals surface area contributed by atoms with Crippen LogP contribution in [-0.4, -0.2) is 43.9 Å². The summed E-state index contributed by atoms with van der Waals surface area (Å²) in [7, 11) is 0. The molecule has 6 heteroatoms. The summed E-state index contributed by atoms with van der Waals surface area (Å²) in [6.45, 7) is 3.69. The van der Waals surface area contributed by atoms with E-state index in [2.05, 4.69) is 11.2 Å². The lowest BCUT2D eigenvalue weighted by Gasteiger charge is -2.38. The van der Waals surface area contributed by atoms with Crippen LogP contribution >= 0.6 is 11.8 Å². The lowest BCUT2D eigenvalue weighted by molar-refractivity contribution is -0.136. The highest BCUT2D eigenvalue weighted by atomic mass is 32.2. The van der Waals surface area contributed by atoms with Crippen LogP contribution in [0.2, 0.25) is 0 Å². The Morgan fingerprint density at radius 2 is 1.95 bits per heavy atom. The fourth-order valence-corrected chi connectivity index (χ4v) is 4.57. The number of nitrogens with zero attached hydrogens (tertiary/aromatic N) is 3. The highest BCUT2D eigenvalue weighted by Gasteiger charge is 2.42. The van der Waals surface area contributed by atoms with Gasteiger partial charge < -0.3 is 4.90 Å². The van der Waals surface area contributed by atoms with Crippen LogP contribution in [0.5, 0.6) is 0 Å². The highest BCUT2D eigenvalue weighted by molar-refractivity contribution is 7.99. The molecule has 2 unspecified atom stereocenters. The van der Waals surface area contributed by atoms with E-state index in [4.69, 9.17) is 0 Å². The van der Waals surface area contributed by atoms with Gasteiger partial charge in [-0.2, -0.15) is 11.8 Å². The van der Waals surface area contributed by atoms with Crippen LogP contribution < -0.4 is 5.56 Å². The summed E-state index contributed by atoms with van der Waals surface area (Å²) in [5.41, 5.74) is 1.25. The van der Waals surface area contributed by atoms with Crippen LogP contribution in [0, 0.1) is 13.8 Å². The van der Waals surface area contributed by atoms with Gasteiger partial charge in [0, 0.05) is 28.6 Å². The third-order valence-corrected chi connectivity index (χ3v) is 6.18. The summed E-state index contributed by atoms with van der Waals surface area (Å²) in [6.07, 6.45) is 8.04. The molecule has 1 aromatic heterocycles. The number of carbonyl (C=O) groups excluding carboxylic acids is 1. The van der Waals surface area contributed by atoms with E-state index in [9.17, 15) is 9.59 Å². The summed E-state index contributed by atoms with van der Waals surface area (Å²) in [4.78, 5) is 31.2. The first-order valence-corrected chi connectivity index (χ1v) is 9.16. The maximum Gasteiger partial charge on any atom is 0.256 e. The zero-order chi connectivity index (χ0) is 15.9. The molecule has 22 heavy (non-hydrogen) atoms. The van der Waals surface area contributed by atoms with Crippen molar-refractivity contribution in [2.24, 2.45) is 0 Å². The van der Waals surface area contributed by atoms with Crippen molar-refractivity contribution in [2.45, 2.75) is 63.4 Å². The maximum atomic E-state index is 12.7. The first-order valence-electron chi connectivity index (χ1n) is 7.88. The minimum absolute atomic E-state index is 0.0687. The van der Waals surface area contributed by atoms with Gasteiger partial charge in [0.05, 0.1) is 6.33 Å². The Kier molecular flexibility index (Phi) is 4.30. The quantitative estimate of drug-likeness (QED) is 0.851. The van der Waals surface area contributed by atoms with Crippen LogP contribution in [-0.2, 0) is 11.3 Å². The molecule has 1 aromatic rings. The standard InChI is InChI=1S/C16H23N3O2S/c1-10-11(2)17-9-18(16(10)21)8-15(20)19-12-4-5-13(19)7-14(6-12)22-3/h9,12-14H,4-8H2,1-3H3. The third kappa shape index (κ3) is 2.69. The normalized spacial score (nSPS) is 27.2. The lowest BCUT2D eigenvalue weighted by atomic mass is 10.0. The van der Waals surface area contributed by atoms with Crippen molar-refractivity contribution in [2.75, 3.05) is 6.26 Å². The second-order valence-electron chi connectivity index (χ2n) is 6.40. The first-order chi connectivity index (χ1) is 10.5. The van der Waals surface area contributed by atoms with Crippen LogP contribution in [0.3, 0.4) is 0 Å². The maximum absolute atomic E-state index is 12.7. The number of aryl methyl sites for hydroxylation is 1. The van der Waals surface area contributed by atoms with E-state index in [1.165, 1.54) is 10.9 Å². The van der Waals surface area contributed by atoms with Gasteiger partial charge >= 0.3 is 0 Å². The number of hydrogen-bond donors (Lipinski definition) is 0. The molecule has 1 amide bonds. The average molecular weight is 321 g/mol. The summed E-state index contributed by atoms with van der Waals surface area (Å²) in [5, 5.41) is 0.674. The zero-order valence-electron chi connectivity index (χ0n) is 13.4. The van der Waals surface area contributed by atoms with Gasteiger partial charge in [0.25, 0.3) is 5.56 Å². The van der Waals surface area contributed by atoms with E-state index >= 15 is 0 Å². The number of carbonyl (C=O) groups is 1. The number of thioether (sulfide) groups is 1. The number of hydrogen-bond acceptors (Lipinski definition) is 4. The molecule has 0 saturated carbocycles. The average Bonchev–Trinajstić information content (AvgIpc) is 2.78. The molecule has 2 fully saturated rings. The van der Waals surface area contributed by atoms with Gasteiger partial charge in [0.15, 0.2) is 0 Å². The van der Waals surface area contributed by atoms with Crippen molar-refractivity contribution in [3.63, 3.8) is 0 Å². The van der Waals surface area contributed by atoms with E-state index < -0.39 is 0 Å². The number of rotatable bonds is 3. The largest absolute Gasteiger partial charge is 0.335 e. The zero-order valence-corrected chi connectivity index (χ0v) is 14.2. The van der Waals surface area contributed by atoms with Crippen molar-refractivity contribution in [3.05, 3.63) is 27.9 Å². The van der Waals surface area contributed by atoms with E-state index in [-0.39, 0.29) is 18.0 Å². The molecule has 0 spiro atoms. The molecule has 2 atom stereocenters. The lowest BCUT2D eigenvalue weighted by Crippen LogP contribution is -2.49. The second-order valence-corrected chi connectivity index (χ2v) is 7.54. The number of fused-ring (bicyclic) bond motifs is 2. The van der Waals surface area contributed by atoms with E-state index in [0.717, 1.165) is 31.4 Å². The molecule has 0 N–H and O–H groups in total. The van der Waals surface area contributed by atoms with Gasteiger partial charge in [-0.15, -0.1) is 0 Å². The molecule has 0 aromatic carbocycles. The first kappa shape index (κ1) is 15.6. The van der Waals surface area contributed by atoms with Crippen molar-refractivity contribution in [1.82, 2.24) is 14.5 Å². The SMILES string of the molecule is CSC1CC2CCC(C1)N2C(=O)Cn1cnc(C)c(C)c1=O. The number of aromatic nitrogens is 2. The van der Waals surface area contributed by atoms with Gasteiger partial charge in [-0.25, -0.2) is 4.98 Å². The predicted octanol–water partition coefficient (Wildman–Crippen LogP) is 1.75. The molecule has 2 bridgehead atoms. The van der Waals surface area contributed by atoms with E-state index in [0.29, 0.717) is 22.9 Å². The number of amides is 1. The molecule has 120 valence electrons. The molecule has 0 radical (unpaired) electrons. The van der Waals surface area contributed by atoms with Gasteiger partial charge in [-0.1, -0.05) is 0 Å². The molecule has 3 rings (SSSR count). The topological polar surface area (TPSA) is 55.2 Å². The van der Waals surface area contributed by atoms with Gasteiger partial charge in [0.1, 0.15) is 6.54 Å². The Morgan fingerprint density at radius 1 is 1.32 bits per heavy atom. The van der Waals surface area contributed by atoms with E-state index in [1.807, 2.05) is 23.6 Å². The number of piperidine rings is 1. The molecule has 2 aliphatic rings. The van der Waals surface area contributed by atoms with E-state index in [1.54, 1.807) is 6.92 Å². The smallest absolute Gasteiger partial charge is 0.256 e. The Hall–Kier alpha value is -1.30. The fourth-order valence-electron chi connectivity index (χ4n) is 3.74. The van der Waals surface area contributed by atoms with Crippen molar-refractivity contribution < 1.29 is 4.79 Å². The predicted molar refractivity (Wildman–Crippen MR) is 88.2 cm³/mol. The van der Waals surface area contributed by atoms with Gasteiger partial charge in [-0.05, 0) is 45.8 Å². The van der Waals surface area contributed by atoms with Crippen LogP contribution in [0.4, 0.5) is 0 Å². The van der Waals surface area contributed by atoms with Gasteiger partial charge in [-0.3, -0.25) is 14.2 Å². The van der Waals surface area contributed by atoms with Crippen molar-refractivity contribution in [1.29, 1.82) is 0 Å².